The summed E-state index contributed by atoms with van der Waals surface area (Å²) in [7, 11) is 0. The van der Waals surface area contributed by atoms with E-state index in [1.54, 1.807) is 6.33 Å². The van der Waals surface area contributed by atoms with E-state index in [1.807, 2.05) is 17.6 Å². The molecular weight excluding hydrogens is 279 g/mol. The number of allylic oxidation sites excluding steroid dienone is 1. The molecule has 0 spiro atoms. The van der Waals surface area contributed by atoms with E-state index in [2.05, 4.69) is 34.2 Å². The second kappa shape index (κ2) is 5.39. The lowest BCUT2D eigenvalue weighted by molar-refractivity contribution is 0.0861. The summed E-state index contributed by atoms with van der Waals surface area (Å²) in [5, 5.41) is 0. The zero-order valence-electron chi connectivity index (χ0n) is 7.66. The first-order valence-electron chi connectivity index (χ1n) is 4.17. The minimum atomic E-state index is 0.579. The first kappa shape index (κ1) is 10.7. The molecule has 0 fully saturated rings. The molecule has 0 aliphatic carbocycles. The molecule has 1 aromatic heterocycles. The molecule has 1 aromatic rings. The molecule has 0 aliphatic heterocycles. The van der Waals surface area contributed by atoms with E-state index in [9.17, 15) is 0 Å². The molecule has 1 heterocycles. The van der Waals surface area contributed by atoms with Crippen LogP contribution in [0.25, 0.3) is 0 Å². The van der Waals surface area contributed by atoms with Crippen LogP contribution in [0.2, 0.25) is 0 Å². The topological polar surface area (TPSA) is 27.1 Å². The number of hydrogen-bond donors (Lipinski definition) is 0. The highest BCUT2D eigenvalue weighted by atomic mass is 127. The van der Waals surface area contributed by atoms with Crippen LogP contribution in [0.5, 0.6) is 0 Å². The molecule has 0 saturated carbocycles. The van der Waals surface area contributed by atoms with Crippen molar-refractivity contribution in [3.8, 4) is 0 Å². The Labute approximate surface area is 91.9 Å². The van der Waals surface area contributed by atoms with E-state index in [4.69, 9.17) is 4.74 Å². The van der Waals surface area contributed by atoms with Crippen molar-refractivity contribution in [1.29, 1.82) is 0 Å². The predicted octanol–water partition coefficient (Wildman–Crippen LogP) is 2.21. The molecular formula is C9H13IN2O. The van der Waals surface area contributed by atoms with Crippen LogP contribution >= 0.6 is 22.6 Å². The summed E-state index contributed by atoms with van der Waals surface area (Å²) in [6, 6.07) is 0. The Morgan fingerprint density at radius 2 is 2.54 bits per heavy atom. The molecule has 0 atom stereocenters. The highest BCUT2D eigenvalue weighted by molar-refractivity contribution is 14.1. The molecule has 0 bridgehead atoms. The maximum atomic E-state index is 5.31. The molecule has 4 heteroatoms. The van der Waals surface area contributed by atoms with Gasteiger partial charge < -0.3 is 9.30 Å². The Morgan fingerprint density at radius 3 is 3.15 bits per heavy atom. The fourth-order valence-corrected chi connectivity index (χ4v) is 1.68. The van der Waals surface area contributed by atoms with Gasteiger partial charge in [-0.1, -0.05) is 6.08 Å². The lowest BCUT2D eigenvalue weighted by atomic mass is 10.3. The average Bonchev–Trinajstić information content (AvgIpc) is 2.46. The van der Waals surface area contributed by atoms with Crippen molar-refractivity contribution in [3.63, 3.8) is 0 Å². The van der Waals surface area contributed by atoms with Crippen LogP contribution in [-0.4, -0.2) is 16.2 Å². The zero-order chi connectivity index (χ0) is 9.68. The van der Waals surface area contributed by atoms with Gasteiger partial charge in [0.15, 0.2) is 0 Å². The van der Waals surface area contributed by atoms with Crippen LogP contribution in [0.4, 0.5) is 0 Å². The normalized spacial score (nSPS) is 10.3. The monoisotopic (exact) mass is 292 g/mol. The van der Waals surface area contributed by atoms with Gasteiger partial charge in [-0.3, -0.25) is 0 Å². The molecule has 1 rings (SSSR count). The molecule has 3 nitrogen and oxygen atoms in total. The average molecular weight is 292 g/mol. The van der Waals surface area contributed by atoms with Crippen molar-refractivity contribution < 1.29 is 4.74 Å². The molecule has 0 unspecified atom stereocenters. The summed E-state index contributed by atoms with van der Waals surface area (Å²) in [5.41, 5.74) is 1.17. The Hall–Kier alpha value is -0.360. The van der Waals surface area contributed by atoms with Crippen molar-refractivity contribution >= 4 is 22.6 Å². The van der Waals surface area contributed by atoms with Crippen LogP contribution in [0.1, 0.15) is 12.6 Å². The smallest absolute Gasteiger partial charge is 0.124 e. The Balaban J connectivity index is 2.74. The van der Waals surface area contributed by atoms with Crippen LogP contribution < -0.4 is 0 Å². The first-order valence-corrected chi connectivity index (χ1v) is 5.25. The third-order valence-electron chi connectivity index (χ3n) is 1.67. The van der Waals surface area contributed by atoms with Gasteiger partial charge in [0, 0.05) is 13.0 Å². The SMILES string of the molecule is C=CCc1c(I)ncn1COCC. The van der Waals surface area contributed by atoms with Gasteiger partial charge in [0.25, 0.3) is 0 Å². The van der Waals surface area contributed by atoms with E-state index < -0.39 is 0 Å². The van der Waals surface area contributed by atoms with Gasteiger partial charge in [-0.25, -0.2) is 4.98 Å². The van der Waals surface area contributed by atoms with E-state index in [1.165, 1.54) is 5.69 Å². The van der Waals surface area contributed by atoms with Crippen LogP contribution in [-0.2, 0) is 17.9 Å². The third kappa shape index (κ3) is 2.80. The second-order valence-electron chi connectivity index (χ2n) is 2.57. The fraction of sp³-hybridized carbons (Fsp3) is 0.444. The Kier molecular flexibility index (Phi) is 4.44. The molecule has 0 radical (unpaired) electrons. The highest BCUT2D eigenvalue weighted by Gasteiger charge is 2.05. The van der Waals surface area contributed by atoms with Crippen LogP contribution in [0, 0.1) is 3.70 Å². The van der Waals surface area contributed by atoms with E-state index in [-0.39, 0.29) is 0 Å². The van der Waals surface area contributed by atoms with Crippen molar-refractivity contribution in [2.45, 2.75) is 20.1 Å². The predicted molar refractivity (Wildman–Crippen MR) is 60.5 cm³/mol. The van der Waals surface area contributed by atoms with Crippen molar-refractivity contribution in [2.75, 3.05) is 6.61 Å². The number of nitrogens with zero attached hydrogens (tertiary/aromatic N) is 2. The summed E-state index contributed by atoms with van der Waals surface area (Å²) < 4.78 is 8.34. The minimum absolute atomic E-state index is 0.579. The molecule has 0 saturated heterocycles. The number of hydrogen-bond acceptors (Lipinski definition) is 2. The van der Waals surface area contributed by atoms with Gasteiger partial charge in [-0.05, 0) is 29.5 Å². The van der Waals surface area contributed by atoms with Crippen molar-refractivity contribution in [2.24, 2.45) is 0 Å². The maximum Gasteiger partial charge on any atom is 0.124 e. The summed E-state index contributed by atoms with van der Waals surface area (Å²) in [4.78, 5) is 4.21. The Morgan fingerprint density at radius 1 is 1.77 bits per heavy atom. The fourth-order valence-electron chi connectivity index (χ4n) is 1.02. The van der Waals surface area contributed by atoms with Gasteiger partial charge in [0.2, 0.25) is 0 Å². The van der Waals surface area contributed by atoms with Gasteiger partial charge in [-0.2, -0.15) is 0 Å². The maximum absolute atomic E-state index is 5.31. The van der Waals surface area contributed by atoms with E-state index in [0.29, 0.717) is 6.73 Å². The molecule has 0 amide bonds. The van der Waals surface area contributed by atoms with Gasteiger partial charge in [0.1, 0.15) is 10.4 Å². The van der Waals surface area contributed by atoms with Crippen LogP contribution in [0.3, 0.4) is 0 Å². The van der Waals surface area contributed by atoms with E-state index in [0.717, 1.165) is 16.7 Å². The highest BCUT2D eigenvalue weighted by Crippen LogP contribution is 2.11. The van der Waals surface area contributed by atoms with Gasteiger partial charge in [-0.15, -0.1) is 6.58 Å². The van der Waals surface area contributed by atoms with E-state index >= 15 is 0 Å². The quantitative estimate of drug-likeness (QED) is 0.614. The summed E-state index contributed by atoms with van der Waals surface area (Å²) in [6.45, 7) is 7.00. The lowest BCUT2D eigenvalue weighted by Crippen LogP contribution is -2.05. The first-order chi connectivity index (χ1) is 6.29. The summed E-state index contributed by atoms with van der Waals surface area (Å²) >= 11 is 2.22. The van der Waals surface area contributed by atoms with Gasteiger partial charge in [0.05, 0.1) is 12.0 Å². The summed E-state index contributed by atoms with van der Waals surface area (Å²) in [6.07, 6.45) is 4.52. The molecule has 0 aromatic carbocycles. The molecule has 72 valence electrons. The number of rotatable bonds is 5. The molecule has 0 aliphatic rings. The van der Waals surface area contributed by atoms with Gasteiger partial charge >= 0.3 is 0 Å². The largest absolute Gasteiger partial charge is 0.361 e. The lowest BCUT2D eigenvalue weighted by Gasteiger charge is -2.06. The van der Waals surface area contributed by atoms with Crippen molar-refractivity contribution in [3.05, 3.63) is 28.4 Å². The number of ether oxygens (including phenoxy) is 1. The minimum Gasteiger partial charge on any atom is -0.361 e. The van der Waals surface area contributed by atoms with Crippen LogP contribution in [0.15, 0.2) is 19.0 Å². The zero-order valence-corrected chi connectivity index (χ0v) is 9.82. The molecule has 0 N–H and O–H groups in total. The second-order valence-corrected chi connectivity index (χ2v) is 3.59. The third-order valence-corrected chi connectivity index (χ3v) is 2.57. The van der Waals surface area contributed by atoms with Crippen molar-refractivity contribution in [1.82, 2.24) is 9.55 Å². The molecule has 13 heavy (non-hydrogen) atoms. The standard InChI is InChI=1S/C9H13IN2O/c1-3-5-8-9(10)11-6-12(8)7-13-4-2/h3,6H,1,4-5,7H2,2H3. The number of aromatic nitrogens is 2. The number of imidazole rings is 1. The number of halogens is 1. The Bertz CT molecular complexity index is 283. The summed E-state index contributed by atoms with van der Waals surface area (Å²) in [5.74, 6) is 0.